The highest BCUT2D eigenvalue weighted by molar-refractivity contribution is 6.32. The molecule has 0 radical (unpaired) electrons. The van der Waals surface area contributed by atoms with Gasteiger partial charge in [-0.1, -0.05) is 22.8 Å². The lowest BCUT2D eigenvalue weighted by molar-refractivity contribution is -0.137. The summed E-state index contributed by atoms with van der Waals surface area (Å²) in [7, 11) is 0. The number of carboxylic acids is 1. The van der Waals surface area contributed by atoms with E-state index in [9.17, 15) is 4.79 Å². The largest absolute Gasteiger partial charge is 0.489 e. The van der Waals surface area contributed by atoms with E-state index in [0.29, 0.717) is 40.9 Å². The van der Waals surface area contributed by atoms with Gasteiger partial charge in [0.05, 0.1) is 16.6 Å². The van der Waals surface area contributed by atoms with Crippen molar-refractivity contribution in [2.75, 3.05) is 0 Å². The molecule has 7 nitrogen and oxygen atoms in total. The molecule has 8 heteroatoms. The van der Waals surface area contributed by atoms with E-state index in [1.54, 1.807) is 12.1 Å². The van der Waals surface area contributed by atoms with Crippen LogP contribution < -0.4 is 4.74 Å². The van der Waals surface area contributed by atoms with Gasteiger partial charge >= 0.3 is 5.97 Å². The number of halogens is 1. The molecule has 2 aromatic heterocycles. The third kappa shape index (κ3) is 4.56. The van der Waals surface area contributed by atoms with Gasteiger partial charge in [-0.3, -0.25) is 4.79 Å². The van der Waals surface area contributed by atoms with Crippen LogP contribution in [0.2, 0.25) is 5.02 Å². The summed E-state index contributed by atoms with van der Waals surface area (Å²) in [6, 6.07) is 11.2. The first kappa shape index (κ1) is 20.9. The quantitative estimate of drug-likeness (QED) is 0.363. The van der Waals surface area contributed by atoms with E-state index in [-0.39, 0.29) is 12.5 Å². The van der Waals surface area contributed by atoms with Gasteiger partial charge in [-0.25, -0.2) is 0 Å². The summed E-state index contributed by atoms with van der Waals surface area (Å²) in [5.41, 5.74) is 3.48. The number of carbonyl (C=O) groups is 1. The molecule has 160 valence electrons. The number of rotatable bonds is 8. The van der Waals surface area contributed by atoms with Crippen molar-refractivity contribution in [1.82, 2.24) is 15.1 Å². The van der Waals surface area contributed by atoms with Gasteiger partial charge in [-0.15, -0.1) is 0 Å². The molecule has 31 heavy (non-hydrogen) atoms. The summed E-state index contributed by atoms with van der Waals surface area (Å²) in [5.74, 6) is 0.633. The number of benzene rings is 2. The highest BCUT2D eigenvalue weighted by Gasteiger charge is 2.17. The molecule has 2 heterocycles. The molecule has 0 amide bonds. The van der Waals surface area contributed by atoms with Crippen LogP contribution in [0.25, 0.3) is 33.7 Å². The van der Waals surface area contributed by atoms with E-state index in [4.69, 9.17) is 26.0 Å². The van der Waals surface area contributed by atoms with E-state index in [0.717, 1.165) is 22.0 Å². The van der Waals surface area contributed by atoms with Gasteiger partial charge in [0.25, 0.3) is 5.89 Å². The van der Waals surface area contributed by atoms with Gasteiger partial charge < -0.3 is 19.4 Å². The van der Waals surface area contributed by atoms with Crippen molar-refractivity contribution in [1.29, 1.82) is 0 Å². The number of nitrogens with one attached hydrogen (secondary N) is 1. The van der Waals surface area contributed by atoms with Crippen LogP contribution in [-0.2, 0) is 11.2 Å². The Labute approximate surface area is 184 Å². The molecule has 0 saturated heterocycles. The van der Waals surface area contributed by atoms with Crippen molar-refractivity contribution in [3.05, 3.63) is 53.2 Å². The zero-order chi connectivity index (χ0) is 22.0. The predicted octanol–water partition coefficient (Wildman–Crippen LogP) is 5.73. The van der Waals surface area contributed by atoms with Crippen LogP contribution in [0.15, 0.2) is 47.1 Å². The van der Waals surface area contributed by atoms with Crippen LogP contribution in [0.3, 0.4) is 0 Å². The third-order valence-electron chi connectivity index (χ3n) is 4.86. The summed E-state index contributed by atoms with van der Waals surface area (Å²) in [6.45, 7) is 3.88. The molecule has 0 aliphatic rings. The number of nitrogens with zero attached hydrogens (tertiary/aromatic N) is 2. The molecule has 0 spiro atoms. The van der Waals surface area contributed by atoms with Gasteiger partial charge in [0.1, 0.15) is 5.75 Å². The van der Waals surface area contributed by atoms with E-state index >= 15 is 0 Å². The Hall–Kier alpha value is -3.32. The fourth-order valence-electron chi connectivity index (χ4n) is 3.48. The Morgan fingerprint density at radius 1 is 1.26 bits per heavy atom. The second kappa shape index (κ2) is 8.81. The summed E-state index contributed by atoms with van der Waals surface area (Å²) >= 11 is 6.33. The van der Waals surface area contributed by atoms with Crippen LogP contribution in [0.4, 0.5) is 0 Å². The molecule has 0 fully saturated rings. The molecule has 0 bridgehead atoms. The van der Waals surface area contributed by atoms with Crippen molar-refractivity contribution in [2.45, 2.75) is 39.2 Å². The third-order valence-corrected chi connectivity index (χ3v) is 5.15. The molecule has 2 aromatic carbocycles. The molecule has 0 aliphatic heterocycles. The van der Waals surface area contributed by atoms with Crippen molar-refractivity contribution in [3.8, 4) is 28.6 Å². The molecule has 0 aliphatic carbocycles. The predicted molar refractivity (Wildman–Crippen MR) is 118 cm³/mol. The van der Waals surface area contributed by atoms with Crippen LogP contribution >= 0.6 is 11.6 Å². The summed E-state index contributed by atoms with van der Waals surface area (Å²) in [6.07, 6.45) is 3.28. The lowest BCUT2D eigenvalue weighted by Crippen LogP contribution is -2.05. The normalized spacial score (nSPS) is 11.4. The Kier molecular flexibility index (Phi) is 5.95. The van der Waals surface area contributed by atoms with Gasteiger partial charge in [-0.05, 0) is 62.6 Å². The van der Waals surface area contributed by atoms with Crippen molar-refractivity contribution in [3.63, 3.8) is 0 Å². The minimum absolute atomic E-state index is 0.0219. The Balaban J connectivity index is 1.61. The first-order chi connectivity index (χ1) is 14.9. The van der Waals surface area contributed by atoms with Gasteiger partial charge in [-0.2, -0.15) is 4.98 Å². The van der Waals surface area contributed by atoms with E-state index in [1.807, 2.05) is 44.3 Å². The second-order valence-corrected chi connectivity index (χ2v) is 7.93. The Morgan fingerprint density at radius 3 is 2.84 bits per heavy atom. The number of aliphatic carboxylic acids is 1. The van der Waals surface area contributed by atoms with E-state index in [2.05, 4.69) is 15.1 Å². The number of carboxylic acid groups (broad SMARTS) is 1. The summed E-state index contributed by atoms with van der Waals surface area (Å²) < 4.78 is 11.2. The lowest BCUT2D eigenvalue weighted by Gasteiger charge is -2.11. The average molecular weight is 440 g/mol. The van der Waals surface area contributed by atoms with Crippen LogP contribution in [0.1, 0.15) is 32.3 Å². The summed E-state index contributed by atoms with van der Waals surface area (Å²) in [4.78, 5) is 18.6. The molecular weight excluding hydrogens is 418 g/mol. The monoisotopic (exact) mass is 439 g/mol. The number of aryl methyl sites for hydroxylation is 1. The molecule has 0 unspecified atom stereocenters. The minimum atomic E-state index is -0.787. The Morgan fingerprint density at radius 2 is 2.10 bits per heavy atom. The maximum absolute atomic E-state index is 10.8. The maximum Gasteiger partial charge on any atom is 0.303 e. The lowest BCUT2D eigenvalue weighted by atomic mass is 10.0. The fourth-order valence-corrected chi connectivity index (χ4v) is 3.71. The number of hydrogen-bond acceptors (Lipinski definition) is 5. The van der Waals surface area contributed by atoms with Crippen molar-refractivity contribution in [2.24, 2.45) is 0 Å². The Bertz CT molecular complexity index is 1230. The molecule has 4 rings (SSSR count). The number of aromatic nitrogens is 3. The summed E-state index contributed by atoms with van der Waals surface area (Å²) in [5, 5.41) is 14.5. The first-order valence-electron chi connectivity index (χ1n) is 10.0. The fraction of sp³-hybridized carbons (Fsp3) is 0.261. The molecule has 4 aromatic rings. The van der Waals surface area contributed by atoms with Gasteiger partial charge in [0.2, 0.25) is 5.82 Å². The number of H-pyrrole nitrogens is 1. The highest BCUT2D eigenvalue weighted by Crippen LogP contribution is 2.33. The van der Waals surface area contributed by atoms with Gasteiger partial charge in [0, 0.05) is 29.1 Å². The zero-order valence-electron chi connectivity index (χ0n) is 17.2. The molecule has 0 saturated carbocycles. The van der Waals surface area contributed by atoms with Crippen LogP contribution in [0, 0.1) is 0 Å². The number of ether oxygens (including phenoxy) is 1. The zero-order valence-corrected chi connectivity index (χ0v) is 17.9. The first-order valence-corrected chi connectivity index (χ1v) is 10.4. The van der Waals surface area contributed by atoms with E-state index in [1.165, 1.54) is 0 Å². The SMILES string of the molecule is CC(C)Oc1ccc(-c2nc(-c3ccc(CCCC(=O)O)c4cc[nH]c34)no2)cc1Cl. The molecule has 2 N–H and O–H groups in total. The molecule has 0 atom stereocenters. The van der Waals surface area contributed by atoms with Crippen LogP contribution in [0.5, 0.6) is 5.75 Å². The number of hydrogen-bond donors (Lipinski definition) is 2. The topological polar surface area (TPSA) is 101 Å². The van der Waals surface area contributed by atoms with Crippen molar-refractivity contribution < 1.29 is 19.2 Å². The van der Waals surface area contributed by atoms with Gasteiger partial charge in [0.15, 0.2) is 0 Å². The molecular formula is C23H22ClN3O4. The highest BCUT2D eigenvalue weighted by atomic mass is 35.5. The maximum atomic E-state index is 10.8. The smallest absolute Gasteiger partial charge is 0.303 e. The van der Waals surface area contributed by atoms with Crippen LogP contribution in [-0.4, -0.2) is 32.3 Å². The minimum Gasteiger partial charge on any atom is -0.489 e. The standard InChI is InChI=1S/C23H22ClN3O4/c1-13(2)30-19-9-7-15(12-18(19)24)23-26-22(27-31-23)17-8-6-14(4-3-5-20(28)29)16-10-11-25-21(16)17/h6-13,25H,3-5H2,1-2H3,(H,28,29). The second-order valence-electron chi connectivity index (χ2n) is 7.52. The number of fused-ring (bicyclic) bond motifs is 1. The van der Waals surface area contributed by atoms with Crippen molar-refractivity contribution >= 4 is 28.5 Å². The van der Waals surface area contributed by atoms with E-state index < -0.39 is 5.97 Å². The number of aromatic amines is 1. The average Bonchev–Trinajstić information content (AvgIpc) is 3.39.